The number of furan rings is 1. The zero-order valence-electron chi connectivity index (χ0n) is 33.1. The quantitative estimate of drug-likeness (QED) is 0.167. The summed E-state index contributed by atoms with van der Waals surface area (Å²) < 4.78 is 6.65. The molecule has 59 heavy (non-hydrogen) atoms. The highest BCUT2D eigenvalue weighted by Gasteiger charge is 2.49. The highest BCUT2D eigenvalue weighted by Crippen LogP contribution is 2.66. The Bertz CT molecular complexity index is 3010. The van der Waals surface area contributed by atoms with Crippen molar-refractivity contribution in [3.05, 3.63) is 216 Å². The molecule has 4 aliphatic rings. The maximum atomic E-state index is 6.65. The third-order valence-corrected chi connectivity index (χ3v) is 14.5. The van der Waals surface area contributed by atoms with Crippen LogP contribution < -0.4 is 9.80 Å². The van der Waals surface area contributed by atoms with Gasteiger partial charge in [0, 0.05) is 38.5 Å². The van der Waals surface area contributed by atoms with Crippen molar-refractivity contribution in [2.75, 3.05) is 9.80 Å². The Labute approximate surface area is 350 Å². The van der Waals surface area contributed by atoms with Crippen molar-refractivity contribution >= 4 is 51.1 Å². The van der Waals surface area contributed by atoms with Crippen molar-refractivity contribution in [2.24, 2.45) is 0 Å². The van der Waals surface area contributed by atoms with Crippen molar-refractivity contribution in [1.82, 2.24) is 0 Å². The van der Waals surface area contributed by atoms with E-state index in [2.05, 4.69) is 206 Å². The van der Waals surface area contributed by atoms with Crippen LogP contribution in [0, 0.1) is 0 Å². The number of para-hydroxylation sites is 1. The van der Waals surface area contributed by atoms with E-state index in [9.17, 15) is 0 Å². The number of fused-ring (bicyclic) bond motifs is 10. The van der Waals surface area contributed by atoms with E-state index in [1.54, 1.807) is 0 Å². The first-order chi connectivity index (χ1) is 29.0. The Hall–Kier alpha value is -6.49. The summed E-state index contributed by atoms with van der Waals surface area (Å²) in [6, 6.07) is 62.7. The van der Waals surface area contributed by atoms with Gasteiger partial charge in [0.25, 0.3) is 0 Å². The maximum absolute atomic E-state index is 6.65. The first-order valence-corrected chi connectivity index (χ1v) is 21.7. The van der Waals surface area contributed by atoms with Gasteiger partial charge in [-0.15, -0.1) is 11.8 Å². The van der Waals surface area contributed by atoms with Crippen LogP contribution in [0.1, 0.15) is 66.0 Å². The van der Waals surface area contributed by atoms with E-state index in [0.29, 0.717) is 0 Å². The highest BCUT2D eigenvalue weighted by molar-refractivity contribution is 8.00. The Morgan fingerprint density at radius 2 is 1.31 bits per heavy atom. The minimum atomic E-state index is -0.00144. The van der Waals surface area contributed by atoms with Crippen LogP contribution in [0.5, 0.6) is 0 Å². The lowest BCUT2D eigenvalue weighted by atomic mass is 9.82. The number of allylic oxidation sites excluding steroid dienone is 4. The molecule has 3 nitrogen and oxygen atoms in total. The van der Waals surface area contributed by atoms with Crippen molar-refractivity contribution in [2.45, 2.75) is 48.3 Å². The molecule has 2 aliphatic carbocycles. The molecular formula is C55H42N2OS. The van der Waals surface area contributed by atoms with Crippen LogP contribution in [0.3, 0.4) is 0 Å². The first kappa shape index (κ1) is 34.5. The first-order valence-electron chi connectivity index (χ1n) is 20.8. The summed E-state index contributed by atoms with van der Waals surface area (Å²) in [6.45, 7) is 4.69. The molecule has 8 aromatic rings. The van der Waals surface area contributed by atoms with Gasteiger partial charge in [-0.1, -0.05) is 129 Å². The van der Waals surface area contributed by atoms with Crippen LogP contribution in [-0.2, 0) is 5.41 Å². The highest BCUT2D eigenvalue weighted by atomic mass is 32.2. The minimum absolute atomic E-state index is 0.00144. The zero-order valence-corrected chi connectivity index (χ0v) is 33.9. The second-order valence-corrected chi connectivity index (χ2v) is 17.9. The third-order valence-electron chi connectivity index (χ3n) is 13.1. The lowest BCUT2D eigenvalue weighted by Gasteiger charge is -2.31. The summed E-state index contributed by atoms with van der Waals surface area (Å²) in [5.74, 6) is 1.08. The van der Waals surface area contributed by atoms with Gasteiger partial charge in [0.1, 0.15) is 11.3 Å². The number of nitrogens with zero attached hydrogens (tertiary/aromatic N) is 2. The fourth-order valence-electron chi connectivity index (χ4n) is 10.2. The van der Waals surface area contributed by atoms with Gasteiger partial charge in [-0.2, -0.15) is 0 Å². The molecule has 0 bridgehead atoms. The molecule has 7 aromatic carbocycles. The lowest BCUT2D eigenvalue weighted by Crippen LogP contribution is -2.20. The molecule has 0 saturated heterocycles. The summed E-state index contributed by atoms with van der Waals surface area (Å²) in [5.41, 5.74) is 18.9. The molecule has 1 aromatic heterocycles. The Morgan fingerprint density at radius 3 is 2.12 bits per heavy atom. The second kappa shape index (κ2) is 13.3. The van der Waals surface area contributed by atoms with Gasteiger partial charge in [0.15, 0.2) is 0 Å². The van der Waals surface area contributed by atoms with Gasteiger partial charge >= 0.3 is 0 Å². The van der Waals surface area contributed by atoms with Crippen molar-refractivity contribution in [1.29, 1.82) is 0 Å². The molecule has 0 N–H and O–H groups in total. The second-order valence-electron chi connectivity index (χ2n) is 16.7. The van der Waals surface area contributed by atoms with E-state index in [1.165, 1.54) is 77.4 Å². The number of hydrogen-bond donors (Lipinski definition) is 0. The summed E-state index contributed by atoms with van der Waals surface area (Å²) in [7, 11) is 0. The molecule has 0 spiro atoms. The molecule has 2 aliphatic heterocycles. The number of anilines is 4. The molecule has 12 rings (SSSR count). The van der Waals surface area contributed by atoms with E-state index in [0.717, 1.165) is 35.6 Å². The SMILES string of the molecule is CC1(C)c2ccccc2-c2cc(-c3ccc(N(C4=CC=C(c5ccccc5)CC4)c4ccc(N5c6c(oc7ccccc67)C6Sc7ccccc7C65)cc4)cc3)ccc21. The molecule has 2 unspecified atom stereocenters. The normalized spacial score (nSPS) is 18.1. The minimum Gasteiger partial charge on any atom is -0.458 e. The molecule has 0 fully saturated rings. The van der Waals surface area contributed by atoms with Gasteiger partial charge in [-0.05, 0) is 130 Å². The Kier molecular flexibility index (Phi) is 7.77. The number of thioether (sulfide) groups is 1. The van der Waals surface area contributed by atoms with Crippen LogP contribution in [-0.4, -0.2) is 0 Å². The number of rotatable bonds is 6. The fourth-order valence-corrected chi connectivity index (χ4v) is 11.7. The van der Waals surface area contributed by atoms with E-state index in [1.807, 2.05) is 11.8 Å². The third kappa shape index (κ3) is 5.36. The topological polar surface area (TPSA) is 19.6 Å². The van der Waals surface area contributed by atoms with Crippen molar-refractivity contribution < 1.29 is 4.42 Å². The van der Waals surface area contributed by atoms with E-state index >= 15 is 0 Å². The zero-order chi connectivity index (χ0) is 39.2. The molecule has 284 valence electrons. The number of hydrogen-bond acceptors (Lipinski definition) is 4. The fraction of sp³-hybridized carbons (Fsp3) is 0.127. The number of benzene rings is 7. The van der Waals surface area contributed by atoms with Crippen LogP contribution in [0.15, 0.2) is 197 Å². The summed E-state index contributed by atoms with van der Waals surface area (Å²) in [6.07, 6.45) is 6.58. The van der Waals surface area contributed by atoms with E-state index < -0.39 is 0 Å². The smallest absolute Gasteiger partial charge is 0.144 e. The lowest BCUT2D eigenvalue weighted by molar-refractivity contribution is 0.542. The summed E-state index contributed by atoms with van der Waals surface area (Å²) in [4.78, 5) is 6.34. The predicted octanol–water partition coefficient (Wildman–Crippen LogP) is 15.3. The Morgan fingerprint density at radius 1 is 0.610 bits per heavy atom. The molecule has 3 heterocycles. The molecular weight excluding hydrogens is 737 g/mol. The van der Waals surface area contributed by atoms with Gasteiger partial charge in [-0.3, -0.25) is 0 Å². The Balaban J connectivity index is 0.933. The molecule has 0 saturated carbocycles. The van der Waals surface area contributed by atoms with Crippen LogP contribution in [0.25, 0.3) is 38.8 Å². The standard InChI is InChI=1S/C55H42N2OS/c1-55(2)47-17-9-6-14-43(47)46-34-38(24-33-48(46)55)37-22-27-40(28-23-37)56(39-25-20-36(21-26-39)35-12-4-3-5-13-35)41-29-31-42(32-30-41)57-51-44-15-7-10-18-49(44)58-53(51)54-52(57)45-16-8-11-19-50(45)59-54/h3-20,22-25,27-34,52,54H,21,26H2,1-2H3. The van der Waals surface area contributed by atoms with E-state index in [-0.39, 0.29) is 16.7 Å². The predicted molar refractivity (Wildman–Crippen MR) is 246 cm³/mol. The van der Waals surface area contributed by atoms with Crippen LogP contribution in [0.4, 0.5) is 22.7 Å². The van der Waals surface area contributed by atoms with Gasteiger partial charge in [0.2, 0.25) is 0 Å². The van der Waals surface area contributed by atoms with Crippen molar-refractivity contribution in [3.8, 4) is 22.3 Å². The largest absolute Gasteiger partial charge is 0.458 e. The monoisotopic (exact) mass is 778 g/mol. The summed E-state index contributed by atoms with van der Waals surface area (Å²) >= 11 is 1.93. The maximum Gasteiger partial charge on any atom is 0.144 e. The molecule has 0 amide bonds. The van der Waals surface area contributed by atoms with Gasteiger partial charge in [0.05, 0.1) is 17.0 Å². The molecule has 4 heteroatoms. The van der Waals surface area contributed by atoms with Gasteiger partial charge in [-0.25, -0.2) is 0 Å². The molecule has 0 radical (unpaired) electrons. The van der Waals surface area contributed by atoms with Crippen LogP contribution in [0.2, 0.25) is 0 Å². The van der Waals surface area contributed by atoms with Crippen LogP contribution >= 0.6 is 11.8 Å². The van der Waals surface area contributed by atoms with E-state index in [4.69, 9.17) is 4.42 Å². The van der Waals surface area contributed by atoms with Crippen molar-refractivity contribution in [3.63, 3.8) is 0 Å². The average molecular weight is 779 g/mol. The molecule has 2 atom stereocenters. The average Bonchev–Trinajstić information content (AvgIpc) is 4.01. The van der Waals surface area contributed by atoms with Gasteiger partial charge < -0.3 is 14.2 Å². The summed E-state index contributed by atoms with van der Waals surface area (Å²) in [5, 5.41) is 1.37.